The Hall–Kier alpha value is -4.88. The van der Waals surface area contributed by atoms with Crippen molar-refractivity contribution in [3.05, 3.63) is 122 Å². The second-order valence-corrected chi connectivity index (χ2v) is 17.4. The number of aliphatic hydroxyl groups is 2. The Morgan fingerprint density at radius 2 is 0.873 bits per heavy atom. The van der Waals surface area contributed by atoms with Crippen LogP contribution >= 0.6 is 0 Å². The average Bonchev–Trinajstić information content (AvgIpc) is 3.35. The van der Waals surface area contributed by atoms with E-state index in [9.17, 15) is 34.5 Å². The van der Waals surface area contributed by atoms with Gasteiger partial charge in [-0.05, 0) is 109 Å². The van der Waals surface area contributed by atoms with E-state index in [4.69, 9.17) is 23.7 Å². The molecule has 0 amide bonds. The van der Waals surface area contributed by atoms with E-state index >= 15 is 0 Å². The van der Waals surface area contributed by atoms with E-state index in [1.807, 2.05) is 18.2 Å². The molecule has 1 aliphatic rings. The first-order valence-electron chi connectivity index (χ1n) is 26.5. The lowest BCUT2D eigenvalue weighted by atomic mass is 9.98. The summed E-state index contributed by atoms with van der Waals surface area (Å²) in [7, 11) is 0. The van der Waals surface area contributed by atoms with Crippen molar-refractivity contribution in [2.24, 2.45) is 0 Å². The molecule has 0 aromatic heterocycles. The van der Waals surface area contributed by atoms with E-state index in [1.165, 1.54) is 0 Å². The number of hydrogen-bond donors (Lipinski definition) is 3. The van der Waals surface area contributed by atoms with Gasteiger partial charge in [0.15, 0.2) is 24.6 Å². The van der Waals surface area contributed by atoms with Crippen molar-refractivity contribution in [2.75, 3.05) is 13.2 Å². The highest BCUT2D eigenvalue weighted by molar-refractivity contribution is 5.74. The highest BCUT2D eigenvalue weighted by Crippen LogP contribution is 2.26. The van der Waals surface area contributed by atoms with Crippen LogP contribution < -0.4 is 0 Å². The van der Waals surface area contributed by atoms with Crippen LogP contribution in [0.3, 0.4) is 0 Å². The number of ether oxygens (including phenoxy) is 5. The Balaban J connectivity index is 2.80. The standard InChI is InChI=1S/C59H90O12/c1-4-7-10-13-16-19-22-25-26-29-30-33-36-39-42-45-51(60)67-48-50(69-52(61)46-43-40-37-34-31-27-23-20-17-14-11-8-5-2)49-68-59-57(55(64)54(63)56(71-59)58(65)66)70-53(62)47-44-41-38-35-32-28-24-21-18-15-12-9-6-3/h7-12,16-21,25-28,31-32,38,41,50,54-57,59,63-64H,4-6,13-15,22-24,29-30,33-37,39-40,42-49H2,1-3H3,(H,65,66)/b10-7-,11-8-,12-9-,19-16-,20-17-,21-18-,26-25-,31-27-,32-28-,41-38-. The molecule has 12 nitrogen and oxygen atoms in total. The van der Waals surface area contributed by atoms with Crippen molar-refractivity contribution in [3.63, 3.8) is 0 Å². The molecule has 0 saturated carbocycles. The lowest BCUT2D eigenvalue weighted by molar-refractivity contribution is -0.301. The zero-order chi connectivity index (χ0) is 51.8. The van der Waals surface area contributed by atoms with E-state index < -0.39 is 67.3 Å². The van der Waals surface area contributed by atoms with Crippen LogP contribution in [0.2, 0.25) is 0 Å². The summed E-state index contributed by atoms with van der Waals surface area (Å²) in [5, 5.41) is 31.3. The SMILES string of the molecule is CC/C=C\C/C=C\C/C=C\C/C=C\CCC(=O)OC1C(OCC(COC(=O)CCCCCCC/C=C\C/C=C\C/C=C\CC)OC(=O)CCCCC/C=C\C/C=C\C/C=C\CC)OC(C(=O)O)C(O)C1O. The van der Waals surface area contributed by atoms with Gasteiger partial charge in [0.05, 0.1) is 6.61 Å². The quantitative estimate of drug-likeness (QED) is 0.0229. The number of carbonyl (C=O) groups is 4. The number of carboxylic acid groups (broad SMARTS) is 1. The molecule has 0 aromatic carbocycles. The van der Waals surface area contributed by atoms with Crippen LogP contribution in [0.25, 0.3) is 0 Å². The van der Waals surface area contributed by atoms with E-state index in [0.29, 0.717) is 25.7 Å². The van der Waals surface area contributed by atoms with Gasteiger partial charge in [0.2, 0.25) is 0 Å². The molecule has 71 heavy (non-hydrogen) atoms. The average molecular weight is 991 g/mol. The molecule has 6 unspecified atom stereocenters. The van der Waals surface area contributed by atoms with Gasteiger partial charge in [-0.1, -0.05) is 168 Å². The second kappa shape index (κ2) is 46.2. The van der Waals surface area contributed by atoms with Crippen LogP contribution in [-0.2, 0) is 42.9 Å². The smallest absolute Gasteiger partial charge is 0.335 e. The molecule has 1 rings (SSSR count). The van der Waals surface area contributed by atoms with Gasteiger partial charge in [0, 0.05) is 19.3 Å². The normalized spacial score (nSPS) is 19.5. The van der Waals surface area contributed by atoms with Gasteiger partial charge < -0.3 is 39.0 Å². The molecule has 12 heteroatoms. The number of aliphatic carboxylic acids is 1. The fraction of sp³-hybridized carbons (Fsp3) is 0.593. The molecule has 0 bridgehead atoms. The van der Waals surface area contributed by atoms with Crippen molar-refractivity contribution in [2.45, 2.75) is 212 Å². The highest BCUT2D eigenvalue weighted by Gasteiger charge is 2.50. The van der Waals surface area contributed by atoms with Crippen LogP contribution in [0.15, 0.2) is 122 Å². The molecule has 0 aliphatic carbocycles. The minimum atomic E-state index is -1.94. The van der Waals surface area contributed by atoms with Gasteiger partial charge in [-0.25, -0.2) is 4.79 Å². The number of carbonyl (C=O) groups excluding carboxylic acids is 3. The summed E-state index contributed by atoms with van der Waals surface area (Å²) in [5.74, 6) is -3.32. The monoisotopic (exact) mass is 991 g/mol. The molecular formula is C59H90O12. The van der Waals surface area contributed by atoms with Gasteiger partial charge in [0.1, 0.15) is 18.8 Å². The first-order valence-corrected chi connectivity index (χ1v) is 26.5. The Kier molecular flexibility index (Phi) is 41.7. The zero-order valence-corrected chi connectivity index (χ0v) is 43.4. The Morgan fingerprint density at radius 3 is 1.35 bits per heavy atom. The van der Waals surface area contributed by atoms with Crippen LogP contribution in [0.1, 0.15) is 175 Å². The lowest BCUT2D eigenvalue weighted by Crippen LogP contribution is -2.61. The van der Waals surface area contributed by atoms with Crippen molar-refractivity contribution in [1.82, 2.24) is 0 Å². The third-order valence-corrected chi connectivity index (χ3v) is 11.0. The molecular weight excluding hydrogens is 901 g/mol. The van der Waals surface area contributed by atoms with E-state index in [1.54, 1.807) is 0 Å². The van der Waals surface area contributed by atoms with Gasteiger partial charge in [0.25, 0.3) is 0 Å². The molecule has 0 spiro atoms. The largest absolute Gasteiger partial charge is 0.479 e. The number of carboxylic acids is 1. The molecule has 1 saturated heterocycles. The maximum atomic E-state index is 13.1. The molecule has 1 aliphatic heterocycles. The summed E-state index contributed by atoms with van der Waals surface area (Å²) in [5.41, 5.74) is 0. The minimum Gasteiger partial charge on any atom is -0.479 e. The Morgan fingerprint density at radius 1 is 0.465 bits per heavy atom. The molecule has 0 radical (unpaired) electrons. The van der Waals surface area contributed by atoms with Gasteiger partial charge >= 0.3 is 23.9 Å². The summed E-state index contributed by atoms with van der Waals surface area (Å²) in [6.45, 7) is 5.53. The third kappa shape index (κ3) is 36.7. The zero-order valence-electron chi connectivity index (χ0n) is 43.4. The first kappa shape index (κ1) is 64.1. The Bertz CT molecular complexity index is 1700. The highest BCUT2D eigenvalue weighted by atomic mass is 16.7. The van der Waals surface area contributed by atoms with Crippen LogP contribution in [0.5, 0.6) is 0 Å². The number of hydrogen-bond acceptors (Lipinski definition) is 11. The first-order chi connectivity index (χ1) is 34.6. The summed E-state index contributed by atoms with van der Waals surface area (Å²) >= 11 is 0. The second-order valence-electron chi connectivity index (χ2n) is 17.4. The Labute approximate surface area is 427 Å². The van der Waals surface area contributed by atoms with Gasteiger partial charge in [-0.2, -0.15) is 0 Å². The van der Waals surface area contributed by atoms with Crippen LogP contribution in [-0.4, -0.2) is 89.2 Å². The summed E-state index contributed by atoms with van der Waals surface area (Å²) in [6, 6.07) is 0. The fourth-order valence-corrected chi connectivity index (χ4v) is 7.05. The fourth-order valence-electron chi connectivity index (χ4n) is 7.05. The summed E-state index contributed by atoms with van der Waals surface area (Å²) < 4.78 is 28.2. The predicted molar refractivity (Wildman–Crippen MR) is 284 cm³/mol. The summed E-state index contributed by atoms with van der Waals surface area (Å²) in [4.78, 5) is 50.9. The predicted octanol–water partition coefficient (Wildman–Crippen LogP) is 12.9. The molecule has 6 atom stereocenters. The number of allylic oxidation sites excluding steroid dienone is 20. The van der Waals surface area contributed by atoms with Crippen molar-refractivity contribution in [1.29, 1.82) is 0 Å². The van der Waals surface area contributed by atoms with Crippen LogP contribution in [0.4, 0.5) is 0 Å². The molecule has 398 valence electrons. The van der Waals surface area contributed by atoms with Crippen molar-refractivity contribution in [3.8, 4) is 0 Å². The van der Waals surface area contributed by atoms with Crippen LogP contribution in [0, 0.1) is 0 Å². The maximum absolute atomic E-state index is 13.1. The van der Waals surface area contributed by atoms with Crippen molar-refractivity contribution < 1.29 is 58.2 Å². The maximum Gasteiger partial charge on any atom is 0.335 e. The van der Waals surface area contributed by atoms with E-state index in [0.717, 1.165) is 109 Å². The molecule has 1 fully saturated rings. The lowest BCUT2D eigenvalue weighted by Gasteiger charge is -2.40. The molecule has 0 aromatic rings. The third-order valence-electron chi connectivity index (χ3n) is 11.0. The number of esters is 3. The number of rotatable bonds is 42. The van der Waals surface area contributed by atoms with Gasteiger partial charge in [-0.15, -0.1) is 0 Å². The van der Waals surface area contributed by atoms with E-state index in [-0.39, 0.29) is 25.9 Å². The topological polar surface area (TPSA) is 175 Å². The minimum absolute atomic E-state index is 0.0726. The summed E-state index contributed by atoms with van der Waals surface area (Å²) in [6.07, 6.45) is 50.6. The number of unbranched alkanes of at least 4 members (excludes halogenated alkanes) is 8. The van der Waals surface area contributed by atoms with Gasteiger partial charge in [-0.3, -0.25) is 14.4 Å². The van der Waals surface area contributed by atoms with Crippen molar-refractivity contribution >= 4 is 23.9 Å². The van der Waals surface area contributed by atoms with E-state index in [2.05, 4.69) is 124 Å². The number of aliphatic hydroxyl groups excluding tert-OH is 2. The molecule has 3 N–H and O–H groups in total. The molecule has 1 heterocycles.